The highest BCUT2D eigenvalue weighted by Crippen LogP contribution is 2.34. The summed E-state index contributed by atoms with van der Waals surface area (Å²) in [6, 6.07) is 13.2. The van der Waals surface area contributed by atoms with Crippen molar-refractivity contribution in [1.82, 2.24) is 4.90 Å². The molecular weight excluding hydrogens is 398 g/mol. The lowest BCUT2D eigenvalue weighted by Gasteiger charge is -2.37. The van der Waals surface area contributed by atoms with E-state index < -0.39 is 15.9 Å². The number of hydrogen-bond donors (Lipinski definition) is 0. The summed E-state index contributed by atoms with van der Waals surface area (Å²) < 4.78 is 60.7. The van der Waals surface area contributed by atoms with Crippen LogP contribution in [-0.2, 0) is 15.9 Å². The number of fused-ring (bicyclic) bond motifs is 1. The molecule has 2 aromatic rings. The third kappa shape index (κ3) is 4.42. The van der Waals surface area contributed by atoms with Gasteiger partial charge in [-0.05, 0) is 42.7 Å². The van der Waals surface area contributed by atoms with Crippen molar-refractivity contribution in [2.75, 3.05) is 18.8 Å². The van der Waals surface area contributed by atoms with Crippen LogP contribution in [-0.4, -0.2) is 38.0 Å². The molecule has 1 atom stereocenters. The first-order valence-corrected chi connectivity index (χ1v) is 11.2. The van der Waals surface area contributed by atoms with Crippen LogP contribution in [0, 0.1) is 0 Å². The van der Waals surface area contributed by atoms with Crippen molar-refractivity contribution in [3.63, 3.8) is 0 Å². The molecule has 0 bridgehead atoms. The topological polar surface area (TPSA) is 59.0 Å². The first-order chi connectivity index (χ1) is 13.7. The Labute approximate surface area is 169 Å². The van der Waals surface area contributed by atoms with E-state index in [-0.39, 0.29) is 17.2 Å². The van der Waals surface area contributed by atoms with E-state index in [1.165, 1.54) is 18.2 Å². The van der Waals surface area contributed by atoms with Crippen molar-refractivity contribution in [3.05, 3.63) is 59.7 Å². The fraction of sp³-hybridized carbons (Fsp3) is 0.381. The Kier molecular flexibility index (Phi) is 5.06. The number of amidine groups is 1. The minimum atomic E-state index is -3.40. The molecule has 4 rings (SSSR count). The molecule has 2 aliphatic rings. The fourth-order valence-corrected chi connectivity index (χ4v) is 4.83. The summed E-state index contributed by atoms with van der Waals surface area (Å²) in [4.78, 5) is 2.05. The molecule has 5 nitrogen and oxygen atoms in total. The van der Waals surface area contributed by atoms with E-state index in [9.17, 15) is 17.2 Å². The molecule has 154 valence electrons. The second kappa shape index (κ2) is 7.40. The number of halogens is 2. The van der Waals surface area contributed by atoms with Gasteiger partial charge in [-0.25, -0.2) is 17.2 Å². The first-order valence-electron chi connectivity index (χ1n) is 9.55. The zero-order valence-corrected chi connectivity index (χ0v) is 16.8. The van der Waals surface area contributed by atoms with Gasteiger partial charge in [0, 0.05) is 31.5 Å². The molecule has 0 N–H and O–H groups in total. The van der Waals surface area contributed by atoms with Gasteiger partial charge < -0.3 is 9.64 Å². The SMILES string of the molecule is CC(F)(F)c1cccc(Oc2ccc(C3CCCN4CCS(=O)(=O)N=C34)cc2)c1. The minimum absolute atomic E-state index is 0.0614. The highest BCUT2D eigenvalue weighted by molar-refractivity contribution is 7.90. The van der Waals surface area contributed by atoms with Gasteiger partial charge in [0.1, 0.15) is 17.3 Å². The van der Waals surface area contributed by atoms with Gasteiger partial charge in [-0.15, -0.1) is 4.40 Å². The van der Waals surface area contributed by atoms with Crippen LogP contribution >= 0.6 is 0 Å². The molecule has 29 heavy (non-hydrogen) atoms. The lowest BCUT2D eigenvalue weighted by molar-refractivity contribution is 0.0173. The lowest BCUT2D eigenvalue weighted by Crippen LogP contribution is -2.46. The highest BCUT2D eigenvalue weighted by atomic mass is 32.2. The quantitative estimate of drug-likeness (QED) is 0.730. The fourth-order valence-electron chi connectivity index (χ4n) is 3.76. The number of alkyl halides is 2. The Bertz CT molecular complexity index is 1030. The van der Waals surface area contributed by atoms with Crippen LogP contribution in [0.4, 0.5) is 8.78 Å². The number of benzene rings is 2. The van der Waals surface area contributed by atoms with Crippen molar-refractivity contribution in [2.24, 2.45) is 4.40 Å². The number of piperidine rings is 1. The van der Waals surface area contributed by atoms with E-state index in [0.29, 0.717) is 23.9 Å². The number of hydrogen-bond acceptors (Lipinski definition) is 4. The van der Waals surface area contributed by atoms with Crippen LogP contribution in [0.2, 0.25) is 0 Å². The van der Waals surface area contributed by atoms with E-state index in [4.69, 9.17) is 4.74 Å². The third-order valence-electron chi connectivity index (χ3n) is 5.27. The normalized spacial score (nSPS) is 21.3. The van der Waals surface area contributed by atoms with E-state index in [1.54, 1.807) is 18.2 Å². The molecule has 2 aromatic carbocycles. The van der Waals surface area contributed by atoms with Gasteiger partial charge in [-0.3, -0.25) is 0 Å². The van der Waals surface area contributed by atoms with Crippen LogP contribution in [0.5, 0.6) is 11.5 Å². The summed E-state index contributed by atoms with van der Waals surface area (Å²) >= 11 is 0. The second-order valence-electron chi connectivity index (χ2n) is 7.50. The van der Waals surface area contributed by atoms with Crippen molar-refractivity contribution >= 4 is 15.9 Å². The van der Waals surface area contributed by atoms with Crippen LogP contribution < -0.4 is 4.74 Å². The van der Waals surface area contributed by atoms with E-state index in [1.807, 2.05) is 12.1 Å². The minimum Gasteiger partial charge on any atom is -0.457 e. The molecule has 0 radical (unpaired) electrons. The zero-order chi connectivity index (χ0) is 20.6. The van der Waals surface area contributed by atoms with Crippen molar-refractivity contribution in [2.45, 2.75) is 31.6 Å². The van der Waals surface area contributed by atoms with Gasteiger partial charge in [0.2, 0.25) is 0 Å². The van der Waals surface area contributed by atoms with Crippen molar-refractivity contribution < 1.29 is 21.9 Å². The third-order valence-corrected chi connectivity index (χ3v) is 6.43. The molecule has 1 fully saturated rings. The van der Waals surface area contributed by atoms with Crippen molar-refractivity contribution in [3.8, 4) is 11.5 Å². The van der Waals surface area contributed by atoms with Gasteiger partial charge in [0.05, 0.1) is 5.75 Å². The highest BCUT2D eigenvalue weighted by Gasteiger charge is 2.33. The Balaban J connectivity index is 1.55. The zero-order valence-electron chi connectivity index (χ0n) is 16.0. The Morgan fingerprint density at radius 3 is 2.59 bits per heavy atom. The summed E-state index contributed by atoms with van der Waals surface area (Å²) in [5.74, 6) is -1.47. The number of ether oxygens (including phenoxy) is 1. The smallest absolute Gasteiger partial charge is 0.270 e. The molecule has 1 unspecified atom stereocenters. The molecule has 0 saturated carbocycles. The number of sulfonamides is 1. The number of nitrogens with zero attached hydrogens (tertiary/aromatic N) is 2. The maximum absolute atomic E-state index is 13.5. The molecule has 0 spiro atoms. The average molecular weight is 420 g/mol. The maximum atomic E-state index is 13.5. The lowest BCUT2D eigenvalue weighted by atomic mass is 9.89. The van der Waals surface area contributed by atoms with Gasteiger partial charge >= 0.3 is 0 Å². The van der Waals surface area contributed by atoms with Crippen LogP contribution in [0.15, 0.2) is 52.9 Å². The van der Waals surface area contributed by atoms with E-state index >= 15 is 0 Å². The molecule has 0 amide bonds. The number of rotatable bonds is 4. The molecule has 0 aliphatic carbocycles. The molecule has 0 aromatic heterocycles. The van der Waals surface area contributed by atoms with E-state index in [2.05, 4.69) is 9.30 Å². The summed E-state index contributed by atoms with van der Waals surface area (Å²) in [5, 5.41) is 0. The summed E-state index contributed by atoms with van der Waals surface area (Å²) in [5.41, 5.74) is 0.858. The molecule has 2 aliphatic heterocycles. The monoisotopic (exact) mass is 420 g/mol. The van der Waals surface area contributed by atoms with Gasteiger partial charge in [-0.1, -0.05) is 24.3 Å². The van der Waals surface area contributed by atoms with Crippen LogP contribution in [0.25, 0.3) is 0 Å². The predicted octanol–water partition coefficient (Wildman–Crippen LogP) is 4.51. The molecule has 8 heteroatoms. The molecule has 1 saturated heterocycles. The summed E-state index contributed by atoms with van der Waals surface area (Å²) in [6.45, 7) is 2.16. The Morgan fingerprint density at radius 1 is 1.10 bits per heavy atom. The Hall–Kier alpha value is -2.48. The standard InChI is InChI=1S/C21H22F2N2O3S/c1-21(22,23)16-4-2-5-18(14-16)28-17-9-7-15(8-10-17)19-6-3-11-25-12-13-29(26,27)24-20(19)25/h2,4-5,7-10,14,19H,3,6,11-13H2,1H3. The van der Waals surface area contributed by atoms with E-state index in [0.717, 1.165) is 31.9 Å². The predicted molar refractivity (Wildman–Crippen MR) is 107 cm³/mol. The van der Waals surface area contributed by atoms with Crippen LogP contribution in [0.3, 0.4) is 0 Å². The molecule has 2 heterocycles. The second-order valence-corrected chi connectivity index (χ2v) is 9.26. The molecular formula is C21H22F2N2O3S. The van der Waals surface area contributed by atoms with Crippen molar-refractivity contribution in [1.29, 1.82) is 0 Å². The first kappa shape index (κ1) is 19.8. The Morgan fingerprint density at radius 2 is 1.86 bits per heavy atom. The average Bonchev–Trinajstić information content (AvgIpc) is 2.67. The van der Waals surface area contributed by atoms with Gasteiger partial charge in [0.25, 0.3) is 15.9 Å². The largest absolute Gasteiger partial charge is 0.457 e. The summed E-state index contributed by atoms with van der Waals surface area (Å²) in [6.07, 6.45) is 1.80. The maximum Gasteiger partial charge on any atom is 0.270 e. The van der Waals surface area contributed by atoms with Gasteiger partial charge in [-0.2, -0.15) is 0 Å². The summed E-state index contributed by atoms with van der Waals surface area (Å²) in [7, 11) is -3.40. The van der Waals surface area contributed by atoms with Gasteiger partial charge in [0.15, 0.2) is 0 Å². The van der Waals surface area contributed by atoms with Crippen LogP contribution in [0.1, 0.15) is 36.8 Å².